The van der Waals surface area contributed by atoms with Crippen LogP contribution in [-0.4, -0.2) is 23.1 Å². The Morgan fingerprint density at radius 2 is 0.714 bits per heavy atom. The lowest BCUT2D eigenvalue weighted by molar-refractivity contribution is -0.150. The first kappa shape index (κ1) is 40.9. The summed E-state index contributed by atoms with van der Waals surface area (Å²) in [5, 5.41) is 8.70. The smallest absolute Gasteiger partial charge is 0.306 e. The lowest BCUT2D eigenvalue weighted by Gasteiger charge is -2.18. The van der Waals surface area contributed by atoms with Crippen molar-refractivity contribution in [3.63, 3.8) is 0 Å². The molecule has 0 aliphatic heterocycles. The van der Waals surface area contributed by atoms with E-state index >= 15 is 0 Å². The van der Waals surface area contributed by atoms with E-state index in [4.69, 9.17) is 9.84 Å². The molecule has 0 saturated heterocycles. The van der Waals surface area contributed by atoms with Gasteiger partial charge >= 0.3 is 11.9 Å². The summed E-state index contributed by atoms with van der Waals surface area (Å²) in [6.07, 6.45) is 39.9. The highest BCUT2D eigenvalue weighted by atomic mass is 16.5. The van der Waals surface area contributed by atoms with Crippen molar-refractivity contribution >= 4 is 11.9 Å². The highest BCUT2D eigenvalue weighted by molar-refractivity contribution is 5.69. The molecule has 0 spiro atoms. The van der Waals surface area contributed by atoms with Crippen LogP contribution in [0.3, 0.4) is 0 Å². The molecule has 42 heavy (non-hydrogen) atoms. The average Bonchev–Trinajstić information content (AvgIpc) is 2.97. The second-order valence-electron chi connectivity index (χ2n) is 13.1. The van der Waals surface area contributed by atoms with Gasteiger partial charge in [-0.25, -0.2) is 0 Å². The molecule has 0 aromatic carbocycles. The van der Waals surface area contributed by atoms with Crippen LogP contribution in [0.25, 0.3) is 0 Å². The molecule has 0 fully saturated rings. The van der Waals surface area contributed by atoms with Crippen LogP contribution in [0.1, 0.15) is 226 Å². The van der Waals surface area contributed by atoms with Crippen LogP contribution in [0.5, 0.6) is 0 Å². The minimum atomic E-state index is -0.672. The molecule has 1 N–H and O–H groups in total. The van der Waals surface area contributed by atoms with Gasteiger partial charge < -0.3 is 9.84 Å². The summed E-state index contributed by atoms with van der Waals surface area (Å²) in [6, 6.07) is 0. The molecule has 250 valence electrons. The lowest BCUT2D eigenvalue weighted by atomic mass is 10.0. The fraction of sp³-hybridized carbons (Fsp3) is 0.947. The van der Waals surface area contributed by atoms with E-state index in [1.165, 1.54) is 154 Å². The van der Waals surface area contributed by atoms with Crippen molar-refractivity contribution in [3.8, 4) is 0 Å². The first-order valence-electron chi connectivity index (χ1n) is 19.0. The predicted octanol–water partition coefficient (Wildman–Crippen LogP) is 12.9. The Labute approximate surface area is 262 Å². The van der Waals surface area contributed by atoms with E-state index in [2.05, 4.69) is 13.8 Å². The molecule has 0 aliphatic rings. The van der Waals surface area contributed by atoms with Crippen molar-refractivity contribution in [2.45, 2.75) is 232 Å². The highest BCUT2D eigenvalue weighted by Crippen LogP contribution is 2.19. The summed E-state index contributed by atoms with van der Waals surface area (Å²) in [5.74, 6) is -0.633. The molecule has 0 aromatic rings. The first-order valence-corrected chi connectivity index (χ1v) is 19.0. The number of unbranched alkanes of at least 4 members (excludes halogenated alkanes) is 26. The largest absolute Gasteiger partial charge is 0.481 e. The van der Waals surface area contributed by atoms with Crippen molar-refractivity contribution in [2.75, 3.05) is 0 Å². The van der Waals surface area contributed by atoms with Crippen LogP contribution in [0, 0.1) is 0 Å². The Kier molecular flexibility index (Phi) is 33.6. The van der Waals surface area contributed by atoms with Crippen molar-refractivity contribution in [1.82, 2.24) is 0 Å². The van der Waals surface area contributed by atoms with Crippen LogP contribution >= 0.6 is 0 Å². The summed E-state index contributed by atoms with van der Waals surface area (Å²) in [4.78, 5) is 23.2. The van der Waals surface area contributed by atoms with Crippen molar-refractivity contribution in [2.24, 2.45) is 0 Å². The number of esters is 1. The van der Waals surface area contributed by atoms with Gasteiger partial charge in [-0.3, -0.25) is 9.59 Å². The number of hydrogen-bond acceptors (Lipinski definition) is 3. The van der Waals surface area contributed by atoms with Gasteiger partial charge in [0.15, 0.2) is 0 Å². The first-order chi connectivity index (χ1) is 20.6. The maximum Gasteiger partial charge on any atom is 0.306 e. The molecular formula is C38H74O4. The Balaban J connectivity index is 3.91. The zero-order chi connectivity index (χ0) is 30.8. The molecular weight excluding hydrogens is 520 g/mol. The van der Waals surface area contributed by atoms with Crippen LogP contribution in [0.2, 0.25) is 0 Å². The molecule has 0 saturated carbocycles. The maximum atomic E-state index is 12.6. The summed E-state index contributed by atoms with van der Waals surface area (Å²) >= 11 is 0. The third-order valence-electron chi connectivity index (χ3n) is 8.83. The quantitative estimate of drug-likeness (QED) is 0.0585. The number of carbonyl (C=O) groups excluding carboxylic acids is 1. The zero-order valence-corrected chi connectivity index (χ0v) is 28.6. The highest BCUT2D eigenvalue weighted by Gasteiger charge is 2.14. The van der Waals surface area contributed by atoms with E-state index in [-0.39, 0.29) is 12.1 Å². The molecule has 0 radical (unpaired) electrons. The summed E-state index contributed by atoms with van der Waals surface area (Å²) < 4.78 is 6.02. The van der Waals surface area contributed by atoms with E-state index in [0.717, 1.165) is 44.9 Å². The van der Waals surface area contributed by atoms with Gasteiger partial charge in [0.25, 0.3) is 0 Å². The topological polar surface area (TPSA) is 63.6 Å². The van der Waals surface area contributed by atoms with Crippen LogP contribution < -0.4 is 0 Å². The molecule has 4 nitrogen and oxygen atoms in total. The number of carboxylic acid groups (broad SMARTS) is 1. The van der Waals surface area contributed by atoms with Crippen LogP contribution in [-0.2, 0) is 14.3 Å². The molecule has 1 unspecified atom stereocenters. The second-order valence-corrected chi connectivity index (χ2v) is 13.1. The Morgan fingerprint density at radius 3 is 1.05 bits per heavy atom. The Hall–Kier alpha value is -1.06. The predicted molar refractivity (Wildman–Crippen MR) is 181 cm³/mol. The van der Waals surface area contributed by atoms with Crippen molar-refractivity contribution < 1.29 is 19.4 Å². The van der Waals surface area contributed by atoms with Gasteiger partial charge in [0, 0.05) is 12.8 Å². The second kappa shape index (κ2) is 34.4. The zero-order valence-electron chi connectivity index (χ0n) is 28.6. The third kappa shape index (κ3) is 33.4. The maximum absolute atomic E-state index is 12.6. The molecule has 1 atom stereocenters. The number of hydrogen-bond donors (Lipinski definition) is 1. The monoisotopic (exact) mass is 595 g/mol. The van der Waals surface area contributed by atoms with Gasteiger partial charge in [0.1, 0.15) is 6.10 Å². The summed E-state index contributed by atoms with van der Waals surface area (Å²) in [5.41, 5.74) is 0. The Bertz CT molecular complexity index is 561. The van der Waals surface area contributed by atoms with Crippen LogP contribution in [0.15, 0.2) is 0 Å². The lowest BCUT2D eigenvalue weighted by Crippen LogP contribution is -2.18. The molecule has 0 rings (SSSR count). The minimum absolute atomic E-state index is 0.0393. The fourth-order valence-corrected chi connectivity index (χ4v) is 6.01. The van der Waals surface area contributed by atoms with E-state index in [0.29, 0.717) is 12.8 Å². The molecule has 0 amide bonds. The van der Waals surface area contributed by atoms with Crippen molar-refractivity contribution in [1.29, 1.82) is 0 Å². The van der Waals surface area contributed by atoms with Gasteiger partial charge in [-0.2, -0.15) is 0 Å². The van der Waals surface area contributed by atoms with E-state index in [9.17, 15) is 9.59 Å². The third-order valence-corrected chi connectivity index (χ3v) is 8.83. The Morgan fingerprint density at radius 1 is 0.429 bits per heavy atom. The van der Waals surface area contributed by atoms with Gasteiger partial charge in [0.05, 0.1) is 0 Å². The molecule has 0 aromatic heterocycles. The van der Waals surface area contributed by atoms with E-state index in [1.807, 2.05) is 0 Å². The number of rotatable bonds is 35. The number of ether oxygens (including phenoxy) is 1. The summed E-state index contributed by atoms with van der Waals surface area (Å²) in [6.45, 7) is 4.54. The SMILES string of the molecule is CCCCCCCCCCCCCCCC(=O)OC(CCCCCCCC)CCCCCCCCCCCCC(=O)O. The van der Waals surface area contributed by atoms with Crippen molar-refractivity contribution in [3.05, 3.63) is 0 Å². The normalized spacial score (nSPS) is 12.0. The van der Waals surface area contributed by atoms with E-state index < -0.39 is 5.97 Å². The van der Waals surface area contributed by atoms with Gasteiger partial charge in [-0.15, -0.1) is 0 Å². The van der Waals surface area contributed by atoms with Gasteiger partial charge in [0.2, 0.25) is 0 Å². The van der Waals surface area contributed by atoms with Gasteiger partial charge in [-0.1, -0.05) is 174 Å². The number of aliphatic carboxylic acids is 1. The van der Waals surface area contributed by atoms with Gasteiger partial charge in [-0.05, 0) is 38.5 Å². The fourth-order valence-electron chi connectivity index (χ4n) is 6.01. The number of carbonyl (C=O) groups is 2. The molecule has 0 heterocycles. The number of carboxylic acids is 1. The van der Waals surface area contributed by atoms with Crippen LogP contribution in [0.4, 0.5) is 0 Å². The minimum Gasteiger partial charge on any atom is -0.481 e. The average molecular weight is 595 g/mol. The van der Waals surface area contributed by atoms with E-state index in [1.54, 1.807) is 0 Å². The molecule has 0 bridgehead atoms. The molecule has 0 aliphatic carbocycles. The summed E-state index contributed by atoms with van der Waals surface area (Å²) in [7, 11) is 0. The standard InChI is InChI=1S/C38H74O4/c1-3-5-7-9-11-12-13-14-15-20-23-27-31-35-38(41)42-36(32-28-24-10-8-6-4-2)33-29-25-21-18-16-17-19-22-26-30-34-37(39)40/h36H,3-35H2,1-2H3,(H,39,40). The molecule has 4 heteroatoms.